The molecule has 0 N–H and O–H groups in total. The number of hydrogen-bond acceptors (Lipinski definition) is 4. The van der Waals surface area contributed by atoms with Crippen molar-refractivity contribution in [2.45, 2.75) is 44.5 Å². The molecule has 0 saturated carbocycles. The van der Waals surface area contributed by atoms with Crippen LogP contribution in [0.2, 0.25) is 0 Å². The molecule has 1 saturated heterocycles. The number of hydrogen-bond donors (Lipinski definition) is 0. The SMILES string of the molecule is CCC/C=C\C(Br)C(=O)O[C@H]1C(=O)OCC1(C)C. The van der Waals surface area contributed by atoms with E-state index in [-0.39, 0.29) is 6.61 Å². The Balaban J connectivity index is 2.56. The van der Waals surface area contributed by atoms with Crippen LogP contribution < -0.4 is 0 Å². The number of ether oxygens (including phenoxy) is 2. The summed E-state index contributed by atoms with van der Waals surface area (Å²) in [6.45, 7) is 6.02. The van der Waals surface area contributed by atoms with Crippen molar-refractivity contribution in [2.24, 2.45) is 5.41 Å². The number of esters is 2. The molecule has 0 aromatic rings. The van der Waals surface area contributed by atoms with Crippen LogP contribution in [0, 0.1) is 5.41 Å². The maximum absolute atomic E-state index is 11.8. The molecule has 4 nitrogen and oxygen atoms in total. The summed E-state index contributed by atoms with van der Waals surface area (Å²) in [5.74, 6) is -0.926. The first kappa shape index (κ1) is 15.2. The van der Waals surface area contributed by atoms with Crippen LogP contribution in [0.3, 0.4) is 0 Å². The van der Waals surface area contributed by atoms with Gasteiger partial charge in [-0.25, -0.2) is 4.79 Å². The van der Waals surface area contributed by atoms with Gasteiger partial charge in [0.2, 0.25) is 6.10 Å². The Kier molecular flexibility index (Phi) is 5.38. The molecule has 1 aliphatic heterocycles. The summed E-state index contributed by atoms with van der Waals surface area (Å²) in [6.07, 6.45) is 4.77. The molecule has 1 fully saturated rings. The summed E-state index contributed by atoms with van der Waals surface area (Å²) in [5, 5.41) is 0. The minimum absolute atomic E-state index is 0.280. The van der Waals surface area contributed by atoms with Gasteiger partial charge < -0.3 is 9.47 Å². The van der Waals surface area contributed by atoms with Crippen molar-refractivity contribution in [3.8, 4) is 0 Å². The van der Waals surface area contributed by atoms with Gasteiger partial charge in [-0.2, -0.15) is 0 Å². The first-order valence-electron chi connectivity index (χ1n) is 6.06. The first-order valence-corrected chi connectivity index (χ1v) is 6.98. The molecule has 1 aliphatic rings. The molecule has 0 aromatic heterocycles. The molecule has 1 unspecified atom stereocenters. The molecule has 0 spiro atoms. The van der Waals surface area contributed by atoms with Gasteiger partial charge in [0.25, 0.3) is 0 Å². The number of alkyl halides is 1. The highest BCUT2D eigenvalue weighted by Gasteiger charge is 2.46. The summed E-state index contributed by atoms with van der Waals surface area (Å²) in [7, 11) is 0. The Bertz CT molecular complexity index is 349. The fourth-order valence-electron chi connectivity index (χ4n) is 1.58. The van der Waals surface area contributed by atoms with E-state index in [1.54, 1.807) is 6.08 Å². The number of unbranched alkanes of at least 4 members (excludes halogenated alkanes) is 1. The third-order valence-corrected chi connectivity index (χ3v) is 3.41. The van der Waals surface area contributed by atoms with E-state index in [9.17, 15) is 9.59 Å². The highest BCUT2D eigenvalue weighted by molar-refractivity contribution is 9.10. The van der Waals surface area contributed by atoms with E-state index in [2.05, 4.69) is 22.9 Å². The molecule has 1 rings (SSSR count). The number of allylic oxidation sites excluding steroid dienone is 1. The van der Waals surface area contributed by atoms with Gasteiger partial charge in [-0.1, -0.05) is 55.3 Å². The van der Waals surface area contributed by atoms with Gasteiger partial charge in [0, 0.05) is 5.41 Å². The fraction of sp³-hybridized carbons (Fsp3) is 0.692. The summed E-state index contributed by atoms with van der Waals surface area (Å²) >= 11 is 3.22. The molecule has 1 heterocycles. The van der Waals surface area contributed by atoms with E-state index >= 15 is 0 Å². The van der Waals surface area contributed by atoms with Crippen molar-refractivity contribution in [3.05, 3.63) is 12.2 Å². The summed E-state index contributed by atoms with van der Waals surface area (Å²) < 4.78 is 10.1. The zero-order chi connectivity index (χ0) is 13.8. The average Bonchev–Trinajstić information content (AvgIpc) is 2.56. The molecule has 0 bridgehead atoms. The van der Waals surface area contributed by atoms with E-state index < -0.39 is 28.3 Å². The van der Waals surface area contributed by atoms with Crippen molar-refractivity contribution in [2.75, 3.05) is 6.61 Å². The monoisotopic (exact) mass is 318 g/mol. The smallest absolute Gasteiger partial charge is 0.348 e. The fourth-order valence-corrected chi connectivity index (χ4v) is 1.90. The van der Waals surface area contributed by atoms with E-state index in [1.165, 1.54) is 0 Å². The van der Waals surface area contributed by atoms with Crippen LogP contribution in [0.4, 0.5) is 0 Å². The number of carbonyl (C=O) groups is 2. The number of cyclic esters (lactones) is 1. The molecular weight excluding hydrogens is 300 g/mol. The Morgan fingerprint density at radius 3 is 2.83 bits per heavy atom. The molecule has 0 amide bonds. The summed E-state index contributed by atoms with van der Waals surface area (Å²) in [4.78, 5) is 22.8. The van der Waals surface area contributed by atoms with Crippen LogP contribution in [0.25, 0.3) is 0 Å². The van der Waals surface area contributed by atoms with E-state index in [4.69, 9.17) is 9.47 Å². The van der Waals surface area contributed by atoms with Gasteiger partial charge in [-0.05, 0) is 6.42 Å². The Morgan fingerprint density at radius 2 is 2.33 bits per heavy atom. The standard InChI is InChI=1S/C13H19BrO4/c1-4-5-6-7-9(14)11(15)18-10-12(16)17-8-13(10,2)3/h6-7,9-10H,4-5,8H2,1-3H3/b7-6-/t9?,10-/m0/s1. The molecule has 2 atom stereocenters. The highest BCUT2D eigenvalue weighted by atomic mass is 79.9. The average molecular weight is 319 g/mol. The topological polar surface area (TPSA) is 52.6 Å². The number of carbonyl (C=O) groups excluding carboxylic acids is 2. The normalized spacial score (nSPS) is 24.0. The maximum atomic E-state index is 11.8. The number of halogens is 1. The van der Waals surface area contributed by atoms with Gasteiger partial charge in [-0.15, -0.1) is 0 Å². The Labute approximate surface area is 116 Å². The second-order valence-electron chi connectivity index (χ2n) is 5.03. The molecule has 18 heavy (non-hydrogen) atoms. The minimum Gasteiger partial charge on any atom is -0.462 e. The van der Waals surface area contributed by atoms with E-state index in [1.807, 2.05) is 19.9 Å². The molecule has 102 valence electrons. The maximum Gasteiger partial charge on any atom is 0.348 e. The Morgan fingerprint density at radius 1 is 1.67 bits per heavy atom. The lowest BCUT2D eigenvalue weighted by atomic mass is 9.90. The van der Waals surface area contributed by atoms with Crippen molar-refractivity contribution >= 4 is 27.9 Å². The van der Waals surface area contributed by atoms with Gasteiger partial charge in [0.15, 0.2) is 0 Å². The van der Waals surface area contributed by atoms with Gasteiger partial charge >= 0.3 is 11.9 Å². The lowest BCUT2D eigenvalue weighted by Crippen LogP contribution is -2.36. The zero-order valence-electron chi connectivity index (χ0n) is 10.9. The predicted octanol–water partition coefficient (Wildman–Crippen LogP) is 2.60. The quantitative estimate of drug-likeness (QED) is 0.444. The molecule has 5 heteroatoms. The van der Waals surface area contributed by atoms with Crippen LogP contribution in [-0.4, -0.2) is 29.5 Å². The van der Waals surface area contributed by atoms with Gasteiger partial charge in [-0.3, -0.25) is 4.79 Å². The van der Waals surface area contributed by atoms with Crippen LogP contribution >= 0.6 is 15.9 Å². The third-order valence-electron chi connectivity index (χ3n) is 2.73. The second kappa shape index (κ2) is 6.36. The van der Waals surface area contributed by atoms with Crippen molar-refractivity contribution in [1.82, 2.24) is 0 Å². The van der Waals surface area contributed by atoms with E-state index in [0.29, 0.717) is 0 Å². The summed E-state index contributed by atoms with van der Waals surface area (Å²) in [6, 6.07) is 0. The largest absolute Gasteiger partial charge is 0.462 e. The van der Waals surface area contributed by atoms with E-state index in [0.717, 1.165) is 12.8 Å². The lowest BCUT2D eigenvalue weighted by molar-refractivity contribution is -0.161. The van der Waals surface area contributed by atoms with Crippen molar-refractivity contribution in [1.29, 1.82) is 0 Å². The van der Waals surface area contributed by atoms with Crippen LogP contribution in [-0.2, 0) is 19.1 Å². The number of rotatable bonds is 5. The predicted molar refractivity (Wildman–Crippen MR) is 71.4 cm³/mol. The molecule has 0 aliphatic carbocycles. The van der Waals surface area contributed by atoms with Crippen molar-refractivity contribution < 1.29 is 19.1 Å². The lowest BCUT2D eigenvalue weighted by Gasteiger charge is -2.22. The third kappa shape index (κ3) is 3.83. The van der Waals surface area contributed by atoms with Crippen LogP contribution in [0.15, 0.2) is 12.2 Å². The van der Waals surface area contributed by atoms with Crippen LogP contribution in [0.1, 0.15) is 33.6 Å². The molecular formula is C13H19BrO4. The Hall–Kier alpha value is -0.840. The minimum atomic E-state index is -0.815. The second-order valence-corrected chi connectivity index (χ2v) is 6.02. The van der Waals surface area contributed by atoms with Crippen molar-refractivity contribution in [3.63, 3.8) is 0 Å². The van der Waals surface area contributed by atoms with Gasteiger partial charge in [0.1, 0.15) is 11.4 Å². The summed E-state index contributed by atoms with van der Waals surface area (Å²) in [5.41, 5.74) is -0.466. The molecule has 0 radical (unpaired) electrons. The zero-order valence-corrected chi connectivity index (χ0v) is 12.5. The highest BCUT2D eigenvalue weighted by Crippen LogP contribution is 2.31. The first-order chi connectivity index (χ1) is 8.38. The van der Waals surface area contributed by atoms with Gasteiger partial charge in [0.05, 0.1) is 0 Å². The van der Waals surface area contributed by atoms with Crippen LogP contribution in [0.5, 0.6) is 0 Å². The molecule has 0 aromatic carbocycles.